The summed E-state index contributed by atoms with van der Waals surface area (Å²) in [7, 11) is 3.23. The van der Waals surface area contributed by atoms with Gasteiger partial charge in [-0.2, -0.15) is 0 Å². The highest BCUT2D eigenvalue weighted by Gasteiger charge is 2.08. The standard InChI is InChI=1S/C14H13N3O2S.ClH/c1-18-11-4-3-9(7-12(11)19-2)17-14-13-10(5-6-20-13)15-8-16-14;/h3-8H,1-2H3,(H,15,16,17);1H. The Kier molecular flexibility index (Phi) is 4.82. The van der Waals surface area contributed by atoms with Gasteiger partial charge in [-0.3, -0.25) is 0 Å². The number of anilines is 2. The molecule has 0 saturated carbocycles. The van der Waals surface area contributed by atoms with E-state index in [4.69, 9.17) is 9.47 Å². The lowest BCUT2D eigenvalue weighted by Gasteiger charge is -2.11. The Labute approximate surface area is 132 Å². The van der Waals surface area contributed by atoms with Crippen molar-refractivity contribution < 1.29 is 9.47 Å². The summed E-state index contributed by atoms with van der Waals surface area (Å²) in [6.45, 7) is 0. The average molecular weight is 324 g/mol. The highest BCUT2D eigenvalue weighted by molar-refractivity contribution is 7.17. The SMILES string of the molecule is COc1ccc(Nc2ncnc3ccsc23)cc1OC.Cl. The maximum absolute atomic E-state index is 5.29. The van der Waals surface area contributed by atoms with E-state index in [0.29, 0.717) is 11.5 Å². The van der Waals surface area contributed by atoms with Crippen LogP contribution in [-0.2, 0) is 0 Å². The number of thiophene rings is 1. The van der Waals surface area contributed by atoms with Crippen molar-refractivity contribution in [2.75, 3.05) is 19.5 Å². The number of fused-ring (bicyclic) bond motifs is 1. The van der Waals surface area contributed by atoms with Crippen LogP contribution in [0.5, 0.6) is 11.5 Å². The summed E-state index contributed by atoms with van der Waals surface area (Å²) in [4.78, 5) is 8.51. The zero-order chi connectivity index (χ0) is 13.9. The van der Waals surface area contributed by atoms with Crippen LogP contribution in [0.1, 0.15) is 0 Å². The van der Waals surface area contributed by atoms with Crippen molar-refractivity contribution in [1.82, 2.24) is 9.97 Å². The number of hydrogen-bond acceptors (Lipinski definition) is 6. The fourth-order valence-corrected chi connectivity index (χ4v) is 2.72. The van der Waals surface area contributed by atoms with Crippen LogP contribution in [0.4, 0.5) is 11.5 Å². The summed E-state index contributed by atoms with van der Waals surface area (Å²) in [5.41, 5.74) is 1.82. The molecule has 2 aromatic heterocycles. The van der Waals surface area contributed by atoms with Gasteiger partial charge in [-0.05, 0) is 23.6 Å². The smallest absolute Gasteiger partial charge is 0.162 e. The van der Waals surface area contributed by atoms with E-state index >= 15 is 0 Å². The van der Waals surface area contributed by atoms with Crippen LogP contribution in [0.3, 0.4) is 0 Å². The molecule has 5 nitrogen and oxygen atoms in total. The highest BCUT2D eigenvalue weighted by atomic mass is 35.5. The van der Waals surface area contributed by atoms with E-state index in [2.05, 4.69) is 15.3 Å². The molecule has 1 aromatic carbocycles. The van der Waals surface area contributed by atoms with Crippen LogP contribution in [0.2, 0.25) is 0 Å². The quantitative estimate of drug-likeness (QED) is 0.789. The first-order valence-corrected chi connectivity index (χ1v) is 6.87. The van der Waals surface area contributed by atoms with Gasteiger partial charge in [0.2, 0.25) is 0 Å². The Morgan fingerprint density at radius 2 is 1.86 bits per heavy atom. The van der Waals surface area contributed by atoms with E-state index in [0.717, 1.165) is 21.7 Å². The molecule has 0 unspecified atom stereocenters. The van der Waals surface area contributed by atoms with E-state index in [9.17, 15) is 0 Å². The summed E-state index contributed by atoms with van der Waals surface area (Å²) in [5.74, 6) is 2.16. The molecule has 3 aromatic rings. The third-order valence-electron chi connectivity index (χ3n) is 2.89. The molecule has 0 aliphatic rings. The van der Waals surface area contributed by atoms with Gasteiger partial charge >= 0.3 is 0 Å². The summed E-state index contributed by atoms with van der Waals surface area (Å²) >= 11 is 1.61. The summed E-state index contributed by atoms with van der Waals surface area (Å²) in [6, 6.07) is 7.62. The lowest BCUT2D eigenvalue weighted by Crippen LogP contribution is -1.96. The minimum atomic E-state index is 0. The molecule has 0 radical (unpaired) electrons. The largest absolute Gasteiger partial charge is 0.493 e. The van der Waals surface area contributed by atoms with Crippen molar-refractivity contribution in [3.8, 4) is 11.5 Å². The minimum Gasteiger partial charge on any atom is -0.493 e. The average Bonchev–Trinajstić information content (AvgIpc) is 2.96. The Balaban J connectivity index is 0.00000161. The molecule has 2 heterocycles. The van der Waals surface area contributed by atoms with Crippen LogP contribution in [-0.4, -0.2) is 24.2 Å². The van der Waals surface area contributed by atoms with Crippen molar-refractivity contribution in [3.63, 3.8) is 0 Å². The molecule has 0 spiro atoms. The molecule has 0 aliphatic heterocycles. The van der Waals surface area contributed by atoms with Gasteiger partial charge in [-0.15, -0.1) is 23.7 Å². The van der Waals surface area contributed by atoms with Crippen molar-refractivity contribution >= 4 is 45.5 Å². The number of ether oxygens (including phenoxy) is 2. The monoisotopic (exact) mass is 323 g/mol. The third kappa shape index (κ3) is 3.01. The number of aromatic nitrogens is 2. The molecular formula is C14H14ClN3O2S. The fourth-order valence-electron chi connectivity index (χ4n) is 1.93. The van der Waals surface area contributed by atoms with Crippen LogP contribution in [0, 0.1) is 0 Å². The molecule has 0 amide bonds. The number of hydrogen-bond donors (Lipinski definition) is 1. The second-order valence-corrected chi connectivity index (χ2v) is 4.97. The molecule has 0 fully saturated rings. The molecule has 1 N–H and O–H groups in total. The van der Waals surface area contributed by atoms with Gasteiger partial charge in [0.15, 0.2) is 17.3 Å². The predicted octanol–water partition coefficient (Wildman–Crippen LogP) is 3.87. The Bertz CT molecular complexity index is 748. The van der Waals surface area contributed by atoms with E-state index in [-0.39, 0.29) is 12.4 Å². The molecule has 0 atom stereocenters. The van der Waals surface area contributed by atoms with Gasteiger partial charge < -0.3 is 14.8 Å². The van der Waals surface area contributed by atoms with Crippen molar-refractivity contribution in [2.45, 2.75) is 0 Å². The molecule has 21 heavy (non-hydrogen) atoms. The Morgan fingerprint density at radius 3 is 2.62 bits per heavy atom. The van der Waals surface area contributed by atoms with Gasteiger partial charge in [-0.25, -0.2) is 9.97 Å². The van der Waals surface area contributed by atoms with Gasteiger partial charge in [-0.1, -0.05) is 0 Å². The Hall–Kier alpha value is -2.05. The lowest BCUT2D eigenvalue weighted by atomic mass is 10.2. The summed E-state index contributed by atoms with van der Waals surface area (Å²) in [6.07, 6.45) is 1.55. The lowest BCUT2D eigenvalue weighted by molar-refractivity contribution is 0.355. The molecule has 110 valence electrons. The topological polar surface area (TPSA) is 56.3 Å². The number of rotatable bonds is 4. The van der Waals surface area contributed by atoms with Crippen molar-refractivity contribution in [1.29, 1.82) is 0 Å². The van der Waals surface area contributed by atoms with Crippen molar-refractivity contribution in [3.05, 3.63) is 36.0 Å². The van der Waals surface area contributed by atoms with E-state index < -0.39 is 0 Å². The van der Waals surface area contributed by atoms with Crippen LogP contribution in [0.25, 0.3) is 10.2 Å². The second-order valence-electron chi connectivity index (χ2n) is 4.05. The van der Waals surface area contributed by atoms with E-state index in [1.165, 1.54) is 0 Å². The van der Waals surface area contributed by atoms with Gasteiger partial charge in [0.25, 0.3) is 0 Å². The molecule has 3 rings (SSSR count). The predicted molar refractivity (Wildman–Crippen MR) is 87.5 cm³/mol. The first kappa shape index (κ1) is 15.3. The normalized spacial score (nSPS) is 10.0. The van der Waals surface area contributed by atoms with Crippen molar-refractivity contribution in [2.24, 2.45) is 0 Å². The highest BCUT2D eigenvalue weighted by Crippen LogP contribution is 2.32. The van der Waals surface area contributed by atoms with Gasteiger partial charge in [0, 0.05) is 11.8 Å². The molecule has 7 heteroatoms. The summed E-state index contributed by atoms with van der Waals surface area (Å²) < 4.78 is 11.5. The number of nitrogens with one attached hydrogen (secondary N) is 1. The number of methoxy groups -OCH3 is 2. The van der Waals surface area contributed by atoms with Gasteiger partial charge in [0.05, 0.1) is 24.4 Å². The summed E-state index contributed by atoms with van der Waals surface area (Å²) in [5, 5.41) is 5.28. The minimum absolute atomic E-state index is 0. The van der Waals surface area contributed by atoms with E-state index in [1.807, 2.05) is 29.6 Å². The van der Waals surface area contributed by atoms with Gasteiger partial charge in [0.1, 0.15) is 6.33 Å². The van der Waals surface area contributed by atoms with Crippen LogP contribution >= 0.6 is 23.7 Å². The van der Waals surface area contributed by atoms with Crippen LogP contribution in [0.15, 0.2) is 36.0 Å². The second kappa shape index (κ2) is 6.60. The Morgan fingerprint density at radius 1 is 1.05 bits per heavy atom. The molecular weight excluding hydrogens is 310 g/mol. The maximum Gasteiger partial charge on any atom is 0.162 e. The van der Waals surface area contributed by atoms with Crippen LogP contribution < -0.4 is 14.8 Å². The fraction of sp³-hybridized carbons (Fsp3) is 0.143. The maximum atomic E-state index is 5.29. The first-order valence-electron chi connectivity index (χ1n) is 5.99. The molecule has 0 saturated heterocycles. The molecule has 0 bridgehead atoms. The zero-order valence-electron chi connectivity index (χ0n) is 11.5. The third-order valence-corrected chi connectivity index (χ3v) is 3.80. The number of nitrogens with zero attached hydrogens (tertiary/aromatic N) is 2. The zero-order valence-corrected chi connectivity index (χ0v) is 13.1. The molecule has 0 aliphatic carbocycles. The number of halogens is 1. The number of benzene rings is 1. The van der Waals surface area contributed by atoms with E-state index in [1.54, 1.807) is 31.9 Å². The first-order chi connectivity index (χ1) is 9.81.